The Balaban J connectivity index is 4.60. The first kappa shape index (κ1) is 58.1. The van der Waals surface area contributed by atoms with Crippen LogP contribution in [0.5, 0.6) is 0 Å². The van der Waals surface area contributed by atoms with Gasteiger partial charge in [-0.25, -0.2) is 0 Å². The van der Waals surface area contributed by atoms with Crippen molar-refractivity contribution in [2.24, 2.45) is 0 Å². The molecule has 0 saturated carbocycles. The number of carbonyl (C=O) groups is 2. The number of rotatable bonds is 47. The SMILES string of the molecule is CCCC/C=C\CCCCCCCC(=O)OC(CCCCC/C=C/C=C/CCCCCCCCC)CC(=O)NC(CO)C(O)CCCCCCCCCCCCCCCC. The molecule has 0 aromatic heterocycles. The summed E-state index contributed by atoms with van der Waals surface area (Å²) in [7, 11) is 0. The number of carbonyl (C=O) groups excluding carboxylic acids is 2. The summed E-state index contributed by atoms with van der Waals surface area (Å²) >= 11 is 0. The number of amides is 1. The predicted octanol–water partition coefficient (Wildman–Crippen LogP) is 15.7. The van der Waals surface area contributed by atoms with Gasteiger partial charge in [-0.3, -0.25) is 9.59 Å². The van der Waals surface area contributed by atoms with E-state index >= 15 is 0 Å². The molecule has 0 aliphatic heterocycles. The lowest BCUT2D eigenvalue weighted by molar-refractivity contribution is -0.151. The Bertz CT molecular complexity index is 993. The molecule has 0 aliphatic carbocycles. The highest BCUT2D eigenvalue weighted by atomic mass is 16.5. The number of aliphatic hydroxyl groups is 2. The standard InChI is InChI=1S/C54H101NO5/c1-4-7-10-13-16-19-22-24-26-27-28-31-33-36-39-42-45-50(60-54(59)47-44-41-38-35-30-21-18-15-12-9-6-3)48-53(58)55-51(49-56)52(57)46-43-40-37-34-32-29-25-23-20-17-14-11-8-5-2/h15,18,26-28,31,50-52,56-57H,4-14,16-17,19-25,29-30,32-49H2,1-3H3,(H,55,58)/b18-15-,27-26+,31-28+. The van der Waals surface area contributed by atoms with Gasteiger partial charge < -0.3 is 20.3 Å². The third-order valence-corrected chi connectivity index (χ3v) is 12.0. The quantitative estimate of drug-likeness (QED) is 0.0245. The number of nitrogens with one attached hydrogen (secondary N) is 1. The molecule has 0 aromatic rings. The van der Waals surface area contributed by atoms with Crippen LogP contribution in [0.2, 0.25) is 0 Å². The normalized spacial score (nSPS) is 13.5. The molecule has 6 heteroatoms. The van der Waals surface area contributed by atoms with Crippen molar-refractivity contribution in [2.75, 3.05) is 6.61 Å². The monoisotopic (exact) mass is 844 g/mol. The Labute approximate surface area is 373 Å². The number of ether oxygens (including phenoxy) is 1. The number of unbranched alkanes of at least 4 members (excludes halogenated alkanes) is 30. The van der Waals surface area contributed by atoms with E-state index in [2.05, 4.69) is 62.5 Å². The van der Waals surface area contributed by atoms with Gasteiger partial charge >= 0.3 is 5.97 Å². The van der Waals surface area contributed by atoms with E-state index in [0.717, 1.165) is 77.0 Å². The lowest BCUT2D eigenvalue weighted by atomic mass is 10.0. The highest BCUT2D eigenvalue weighted by Gasteiger charge is 2.24. The van der Waals surface area contributed by atoms with E-state index in [1.807, 2.05) is 0 Å². The molecule has 352 valence electrons. The molecule has 0 aliphatic rings. The van der Waals surface area contributed by atoms with Crippen LogP contribution < -0.4 is 5.32 Å². The smallest absolute Gasteiger partial charge is 0.306 e. The van der Waals surface area contributed by atoms with Gasteiger partial charge in [-0.2, -0.15) is 0 Å². The van der Waals surface area contributed by atoms with E-state index in [4.69, 9.17) is 4.74 Å². The second kappa shape index (κ2) is 48.1. The first-order valence-corrected chi connectivity index (χ1v) is 26.2. The molecule has 0 aromatic carbocycles. The number of hydrogen-bond donors (Lipinski definition) is 3. The van der Waals surface area contributed by atoms with E-state index in [1.165, 1.54) is 148 Å². The van der Waals surface area contributed by atoms with Crippen molar-refractivity contribution in [1.29, 1.82) is 0 Å². The molecule has 1 amide bonds. The maximum atomic E-state index is 13.2. The van der Waals surface area contributed by atoms with Crippen molar-refractivity contribution >= 4 is 11.9 Å². The minimum absolute atomic E-state index is 0.0586. The molecule has 0 heterocycles. The molecule has 0 saturated heterocycles. The third kappa shape index (κ3) is 42.8. The van der Waals surface area contributed by atoms with Crippen molar-refractivity contribution in [1.82, 2.24) is 5.32 Å². The van der Waals surface area contributed by atoms with Crippen molar-refractivity contribution < 1.29 is 24.5 Å². The summed E-state index contributed by atoms with van der Waals surface area (Å²) in [6, 6.07) is -0.709. The van der Waals surface area contributed by atoms with Crippen LogP contribution in [-0.2, 0) is 14.3 Å². The number of esters is 1. The maximum Gasteiger partial charge on any atom is 0.306 e. The summed E-state index contributed by atoms with van der Waals surface area (Å²) in [5.41, 5.74) is 0. The average Bonchev–Trinajstić information content (AvgIpc) is 3.24. The minimum atomic E-state index is -0.794. The van der Waals surface area contributed by atoms with Crippen LogP contribution in [0.3, 0.4) is 0 Å². The maximum absolute atomic E-state index is 13.2. The first-order chi connectivity index (χ1) is 29.5. The van der Waals surface area contributed by atoms with E-state index in [0.29, 0.717) is 19.3 Å². The molecule has 0 fully saturated rings. The minimum Gasteiger partial charge on any atom is -0.462 e. The molecule has 0 rings (SSSR count). The van der Waals surface area contributed by atoms with Crippen LogP contribution >= 0.6 is 0 Å². The Morgan fingerprint density at radius 2 is 0.867 bits per heavy atom. The van der Waals surface area contributed by atoms with Gasteiger partial charge in [0.2, 0.25) is 5.91 Å². The Kier molecular flexibility index (Phi) is 46.6. The molecule has 3 unspecified atom stereocenters. The highest BCUT2D eigenvalue weighted by molar-refractivity contribution is 5.77. The summed E-state index contributed by atoms with van der Waals surface area (Å²) in [6.07, 6.45) is 56.3. The molecule has 3 atom stereocenters. The fraction of sp³-hybridized carbons (Fsp3) is 0.852. The second-order valence-electron chi connectivity index (χ2n) is 17.9. The average molecular weight is 844 g/mol. The van der Waals surface area contributed by atoms with Crippen LogP contribution in [-0.4, -0.2) is 46.9 Å². The van der Waals surface area contributed by atoms with Crippen LogP contribution in [0.1, 0.15) is 271 Å². The topological polar surface area (TPSA) is 95.9 Å². The van der Waals surface area contributed by atoms with Gasteiger partial charge in [0.15, 0.2) is 0 Å². The first-order valence-electron chi connectivity index (χ1n) is 26.2. The molecule has 6 nitrogen and oxygen atoms in total. The van der Waals surface area contributed by atoms with Gasteiger partial charge in [0.1, 0.15) is 6.10 Å². The lowest BCUT2D eigenvalue weighted by Gasteiger charge is -2.24. The van der Waals surface area contributed by atoms with Gasteiger partial charge in [-0.1, -0.05) is 224 Å². The number of aliphatic hydroxyl groups excluding tert-OH is 2. The Hall–Kier alpha value is -1.92. The van der Waals surface area contributed by atoms with E-state index in [-0.39, 0.29) is 24.9 Å². The van der Waals surface area contributed by atoms with E-state index in [1.54, 1.807) is 0 Å². The summed E-state index contributed by atoms with van der Waals surface area (Å²) in [6.45, 7) is 6.44. The van der Waals surface area contributed by atoms with Crippen molar-refractivity contribution in [3.63, 3.8) is 0 Å². The third-order valence-electron chi connectivity index (χ3n) is 12.0. The van der Waals surface area contributed by atoms with Gasteiger partial charge in [-0.15, -0.1) is 0 Å². The van der Waals surface area contributed by atoms with Gasteiger partial charge in [0.05, 0.1) is 25.2 Å². The zero-order chi connectivity index (χ0) is 43.8. The molecular formula is C54H101NO5. The van der Waals surface area contributed by atoms with Gasteiger partial charge in [-0.05, 0) is 70.6 Å². The summed E-state index contributed by atoms with van der Waals surface area (Å²) in [5, 5.41) is 23.8. The fourth-order valence-corrected chi connectivity index (χ4v) is 7.93. The number of hydrogen-bond acceptors (Lipinski definition) is 5. The number of allylic oxidation sites excluding steroid dienone is 6. The highest BCUT2D eigenvalue weighted by Crippen LogP contribution is 2.17. The molecule has 60 heavy (non-hydrogen) atoms. The summed E-state index contributed by atoms with van der Waals surface area (Å²) in [4.78, 5) is 26.1. The summed E-state index contributed by atoms with van der Waals surface area (Å²) < 4.78 is 5.91. The zero-order valence-electron chi connectivity index (χ0n) is 40.1. The van der Waals surface area contributed by atoms with Crippen LogP contribution in [0.4, 0.5) is 0 Å². The molecule has 0 radical (unpaired) electrons. The molecule has 0 bridgehead atoms. The van der Waals surface area contributed by atoms with Gasteiger partial charge in [0, 0.05) is 6.42 Å². The van der Waals surface area contributed by atoms with Crippen LogP contribution in [0.15, 0.2) is 36.5 Å². The van der Waals surface area contributed by atoms with Crippen molar-refractivity contribution in [3.8, 4) is 0 Å². The van der Waals surface area contributed by atoms with Crippen molar-refractivity contribution in [2.45, 2.75) is 289 Å². The zero-order valence-corrected chi connectivity index (χ0v) is 40.1. The second-order valence-corrected chi connectivity index (χ2v) is 17.9. The molecular weight excluding hydrogens is 743 g/mol. The molecule has 3 N–H and O–H groups in total. The predicted molar refractivity (Wildman–Crippen MR) is 259 cm³/mol. The van der Waals surface area contributed by atoms with Gasteiger partial charge in [0.25, 0.3) is 0 Å². The van der Waals surface area contributed by atoms with Crippen LogP contribution in [0, 0.1) is 0 Å². The van der Waals surface area contributed by atoms with Crippen LogP contribution in [0.25, 0.3) is 0 Å². The van der Waals surface area contributed by atoms with E-state index < -0.39 is 18.2 Å². The largest absolute Gasteiger partial charge is 0.462 e. The Morgan fingerprint density at radius 3 is 1.35 bits per heavy atom. The lowest BCUT2D eigenvalue weighted by Crippen LogP contribution is -2.46. The summed E-state index contributed by atoms with van der Waals surface area (Å²) in [5.74, 6) is -0.503. The Morgan fingerprint density at radius 1 is 0.483 bits per heavy atom. The van der Waals surface area contributed by atoms with Crippen molar-refractivity contribution in [3.05, 3.63) is 36.5 Å². The molecule has 0 spiro atoms. The fourth-order valence-electron chi connectivity index (χ4n) is 7.93. The van der Waals surface area contributed by atoms with E-state index in [9.17, 15) is 19.8 Å².